The largest absolute Gasteiger partial charge is 0.390 e. The molecule has 0 amide bonds. The van der Waals surface area contributed by atoms with E-state index in [0.29, 0.717) is 10.0 Å². The molecule has 14 heavy (non-hydrogen) atoms. The molecular weight excluding hydrogens is 224 g/mol. The summed E-state index contributed by atoms with van der Waals surface area (Å²) in [7, 11) is 0. The van der Waals surface area contributed by atoms with Gasteiger partial charge in [0.05, 0.1) is 25.5 Å². The highest BCUT2D eigenvalue weighted by Gasteiger charge is 2.16. The molecule has 4 nitrogen and oxygen atoms in total. The lowest BCUT2D eigenvalue weighted by atomic mass is 10.4. The van der Waals surface area contributed by atoms with E-state index in [2.05, 4.69) is 9.88 Å². The zero-order chi connectivity index (χ0) is 9.97. The van der Waals surface area contributed by atoms with Crippen molar-refractivity contribution < 1.29 is 9.84 Å². The smallest absolute Gasteiger partial charge is 0.187 e. The minimum atomic E-state index is -0.0975. The van der Waals surface area contributed by atoms with Crippen molar-refractivity contribution in [1.82, 2.24) is 4.98 Å². The van der Waals surface area contributed by atoms with Gasteiger partial charge in [-0.1, -0.05) is 22.9 Å². The molecule has 2 heterocycles. The monoisotopic (exact) mass is 234 g/mol. The first-order valence-electron chi connectivity index (χ1n) is 4.40. The van der Waals surface area contributed by atoms with Crippen LogP contribution in [-0.4, -0.2) is 36.4 Å². The van der Waals surface area contributed by atoms with Crippen molar-refractivity contribution >= 4 is 28.1 Å². The molecule has 78 valence electrons. The van der Waals surface area contributed by atoms with Gasteiger partial charge in [-0.15, -0.1) is 0 Å². The number of thiazole rings is 1. The Bertz CT molecular complexity index is 312. The summed E-state index contributed by atoms with van der Waals surface area (Å²) in [5.41, 5.74) is 0.568. The van der Waals surface area contributed by atoms with Crippen LogP contribution in [0.4, 0.5) is 5.13 Å². The topological polar surface area (TPSA) is 45.6 Å². The van der Waals surface area contributed by atoms with Gasteiger partial charge < -0.3 is 14.7 Å². The number of ether oxygens (including phenoxy) is 1. The van der Waals surface area contributed by atoms with E-state index in [9.17, 15) is 0 Å². The Morgan fingerprint density at radius 1 is 1.50 bits per heavy atom. The number of hydrogen-bond acceptors (Lipinski definition) is 5. The van der Waals surface area contributed by atoms with Crippen LogP contribution in [0.3, 0.4) is 0 Å². The van der Waals surface area contributed by atoms with E-state index in [1.54, 1.807) is 0 Å². The molecule has 1 aliphatic rings. The lowest BCUT2D eigenvalue weighted by Gasteiger charge is -2.25. The number of halogens is 1. The Morgan fingerprint density at radius 2 is 2.21 bits per heavy atom. The molecule has 1 aliphatic heterocycles. The first-order chi connectivity index (χ1) is 6.81. The number of aromatic nitrogens is 1. The summed E-state index contributed by atoms with van der Waals surface area (Å²) in [4.78, 5) is 6.38. The molecule has 0 radical (unpaired) electrons. The summed E-state index contributed by atoms with van der Waals surface area (Å²) in [6.45, 7) is 3.04. The molecule has 0 aliphatic carbocycles. The molecule has 1 aromatic rings. The van der Waals surface area contributed by atoms with Gasteiger partial charge in [0.15, 0.2) is 5.13 Å². The van der Waals surface area contributed by atoms with Gasteiger partial charge >= 0.3 is 0 Å². The summed E-state index contributed by atoms with van der Waals surface area (Å²) >= 11 is 7.31. The zero-order valence-electron chi connectivity index (χ0n) is 7.57. The summed E-state index contributed by atoms with van der Waals surface area (Å²) < 4.78 is 5.82. The molecule has 0 unspecified atom stereocenters. The molecular formula is C8H11ClN2O2S. The Morgan fingerprint density at radius 3 is 2.79 bits per heavy atom. The molecule has 0 spiro atoms. The van der Waals surface area contributed by atoms with E-state index in [0.717, 1.165) is 31.4 Å². The average Bonchev–Trinajstić information content (AvgIpc) is 2.61. The van der Waals surface area contributed by atoms with Crippen molar-refractivity contribution in [3.63, 3.8) is 0 Å². The van der Waals surface area contributed by atoms with Gasteiger partial charge in [0, 0.05) is 13.1 Å². The van der Waals surface area contributed by atoms with Crippen LogP contribution in [0.25, 0.3) is 0 Å². The summed E-state index contributed by atoms with van der Waals surface area (Å²) in [5.74, 6) is 0. The molecule has 2 rings (SSSR count). The minimum absolute atomic E-state index is 0.0975. The zero-order valence-corrected chi connectivity index (χ0v) is 9.14. The highest BCUT2D eigenvalue weighted by atomic mass is 35.5. The number of aliphatic hydroxyl groups excluding tert-OH is 1. The second kappa shape index (κ2) is 4.44. The van der Waals surface area contributed by atoms with Crippen LogP contribution in [0.2, 0.25) is 4.34 Å². The van der Waals surface area contributed by atoms with Crippen molar-refractivity contribution in [3.8, 4) is 0 Å². The third-order valence-electron chi connectivity index (χ3n) is 2.07. The van der Waals surface area contributed by atoms with Crippen LogP contribution >= 0.6 is 22.9 Å². The molecule has 0 atom stereocenters. The van der Waals surface area contributed by atoms with Crippen LogP contribution < -0.4 is 4.90 Å². The van der Waals surface area contributed by atoms with Gasteiger partial charge in [-0.2, -0.15) is 0 Å². The molecule has 1 aromatic heterocycles. The van der Waals surface area contributed by atoms with E-state index in [1.807, 2.05) is 0 Å². The molecule has 0 aromatic carbocycles. The second-order valence-corrected chi connectivity index (χ2v) is 4.55. The van der Waals surface area contributed by atoms with Crippen LogP contribution in [0.5, 0.6) is 0 Å². The van der Waals surface area contributed by atoms with Crippen LogP contribution in [-0.2, 0) is 11.3 Å². The van der Waals surface area contributed by atoms with Crippen molar-refractivity contribution in [2.24, 2.45) is 0 Å². The van der Waals surface area contributed by atoms with E-state index in [4.69, 9.17) is 21.4 Å². The maximum absolute atomic E-state index is 8.95. The number of anilines is 1. The summed E-state index contributed by atoms with van der Waals surface area (Å²) in [6, 6.07) is 0. The number of nitrogens with zero attached hydrogens (tertiary/aromatic N) is 2. The van der Waals surface area contributed by atoms with Crippen molar-refractivity contribution in [2.75, 3.05) is 31.2 Å². The lowest BCUT2D eigenvalue weighted by molar-refractivity contribution is 0.122. The third kappa shape index (κ3) is 2.00. The lowest BCUT2D eigenvalue weighted by Crippen LogP contribution is -2.36. The molecule has 1 fully saturated rings. The minimum Gasteiger partial charge on any atom is -0.390 e. The number of rotatable bonds is 2. The van der Waals surface area contributed by atoms with Gasteiger partial charge in [-0.25, -0.2) is 4.98 Å². The Kier molecular flexibility index (Phi) is 3.22. The molecule has 0 bridgehead atoms. The predicted molar refractivity (Wildman–Crippen MR) is 56.1 cm³/mol. The van der Waals surface area contributed by atoms with E-state index in [1.165, 1.54) is 11.3 Å². The van der Waals surface area contributed by atoms with Crippen LogP contribution in [0, 0.1) is 0 Å². The highest BCUT2D eigenvalue weighted by Crippen LogP contribution is 2.30. The number of morpholine rings is 1. The molecule has 0 saturated carbocycles. The quantitative estimate of drug-likeness (QED) is 0.833. The fourth-order valence-electron chi connectivity index (χ4n) is 1.31. The second-order valence-electron chi connectivity index (χ2n) is 2.97. The van der Waals surface area contributed by atoms with E-state index >= 15 is 0 Å². The SMILES string of the molecule is OCc1nc(N2CCOCC2)sc1Cl. The van der Waals surface area contributed by atoms with E-state index < -0.39 is 0 Å². The molecule has 1 N–H and O–H groups in total. The highest BCUT2D eigenvalue weighted by molar-refractivity contribution is 7.19. The van der Waals surface area contributed by atoms with Gasteiger partial charge in [0.1, 0.15) is 4.34 Å². The maximum Gasteiger partial charge on any atom is 0.187 e. The van der Waals surface area contributed by atoms with E-state index in [-0.39, 0.29) is 6.61 Å². The first-order valence-corrected chi connectivity index (χ1v) is 5.59. The van der Waals surface area contributed by atoms with Crippen LogP contribution in [0.15, 0.2) is 0 Å². The molecule has 6 heteroatoms. The fraction of sp³-hybridized carbons (Fsp3) is 0.625. The predicted octanol–water partition coefficient (Wildman–Crippen LogP) is 1.13. The summed E-state index contributed by atoms with van der Waals surface area (Å²) in [5, 5.41) is 9.82. The van der Waals surface area contributed by atoms with Gasteiger partial charge in [0.25, 0.3) is 0 Å². The normalized spacial score (nSPS) is 17.4. The van der Waals surface area contributed by atoms with Crippen LogP contribution in [0.1, 0.15) is 5.69 Å². The molecule has 1 saturated heterocycles. The van der Waals surface area contributed by atoms with Gasteiger partial charge in [-0.05, 0) is 0 Å². The Hall–Kier alpha value is -0.360. The van der Waals surface area contributed by atoms with Crippen molar-refractivity contribution in [1.29, 1.82) is 0 Å². The van der Waals surface area contributed by atoms with Crippen molar-refractivity contribution in [3.05, 3.63) is 10.0 Å². The van der Waals surface area contributed by atoms with Crippen molar-refractivity contribution in [2.45, 2.75) is 6.61 Å². The summed E-state index contributed by atoms with van der Waals surface area (Å²) in [6.07, 6.45) is 0. The number of hydrogen-bond donors (Lipinski definition) is 1. The van der Waals surface area contributed by atoms with Gasteiger partial charge in [-0.3, -0.25) is 0 Å². The first kappa shape index (κ1) is 10.2. The fourth-order valence-corrected chi connectivity index (χ4v) is 2.47. The average molecular weight is 235 g/mol. The third-order valence-corrected chi connectivity index (χ3v) is 3.47. The van der Waals surface area contributed by atoms with Gasteiger partial charge in [0.2, 0.25) is 0 Å². The maximum atomic E-state index is 8.95. The number of aliphatic hydroxyl groups is 1. The Labute approximate surface area is 91.1 Å². The standard InChI is InChI=1S/C8H11ClN2O2S/c9-7-6(5-12)10-8(14-7)11-1-3-13-4-2-11/h12H,1-5H2. The Balaban J connectivity index is 2.14.